The maximum absolute atomic E-state index is 4.79. The summed E-state index contributed by atoms with van der Waals surface area (Å²) in [4.78, 5) is 7.33. The molecule has 30 heavy (non-hydrogen) atoms. The number of aryl methyl sites for hydroxylation is 1. The lowest BCUT2D eigenvalue weighted by molar-refractivity contribution is 0.258. The summed E-state index contributed by atoms with van der Waals surface area (Å²) in [5.41, 5.74) is 1.37. The third kappa shape index (κ3) is 6.94. The van der Waals surface area contributed by atoms with Gasteiger partial charge in [-0.2, -0.15) is 0 Å². The fourth-order valence-corrected chi connectivity index (χ4v) is 3.71. The predicted molar refractivity (Wildman–Crippen MR) is 133 cm³/mol. The standard InChI is InChI=1S/C22H35N7.HI/c1-5-6-12-23-22(24-14-21-27-26-18(3)28(21)4)25-20-13-17(2)29(16-20)15-19-10-8-7-9-11-19;/h7-11,17,20H,5-6,12-16H2,1-4H3,(H2,23,24,25);1H. The molecule has 1 aliphatic heterocycles. The Morgan fingerprint density at radius 3 is 2.67 bits per heavy atom. The topological polar surface area (TPSA) is 70.4 Å². The first-order valence-electron chi connectivity index (χ1n) is 10.7. The Bertz CT molecular complexity index is 790. The lowest BCUT2D eigenvalue weighted by Crippen LogP contribution is -2.45. The SMILES string of the molecule is CCCCNC(=NCc1nnc(C)n1C)NC1CC(C)N(Cc2ccccc2)C1.I. The zero-order chi connectivity index (χ0) is 20.6. The molecule has 2 aromatic rings. The lowest BCUT2D eigenvalue weighted by atomic mass is 10.2. The van der Waals surface area contributed by atoms with Gasteiger partial charge in [0.2, 0.25) is 0 Å². The first-order valence-corrected chi connectivity index (χ1v) is 10.7. The van der Waals surface area contributed by atoms with Crippen LogP contribution >= 0.6 is 24.0 Å². The lowest BCUT2D eigenvalue weighted by Gasteiger charge is -2.21. The number of hydrogen-bond acceptors (Lipinski definition) is 4. The van der Waals surface area contributed by atoms with Gasteiger partial charge in [0.25, 0.3) is 0 Å². The number of benzene rings is 1. The Labute approximate surface area is 197 Å². The molecular formula is C22H36IN7. The van der Waals surface area contributed by atoms with Crippen molar-refractivity contribution in [2.45, 2.75) is 65.2 Å². The molecule has 0 amide bonds. The fraction of sp³-hybridized carbons (Fsp3) is 0.591. The second-order valence-corrected chi connectivity index (χ2v) is 8.01. The fourth-order valence-electron chi connectivity index (χ4n) is 3.71. The molecule has 0 spiro atoms. The highest BCUT2D eigenvalue weighted by Gasteiger charge is 2.29. The van der Waals surface area contributed by atoms with E-state index in [1.54, 1.807) is 0 Å². The van der Waals surface area contributed by atoms with E-state index in [1.165, 1.54) is 5.56 Å². The average Bonchev–Trinajstić information content (AvgIpc) is 3.22. The molecule has 1 aliphatic rings. The van der Waals surface area contributed by atoms with E-state index in [9.17, 15) is 0 Å². The summed E-state index contributed by atoms with van der Waals surface area (Å²) >= 11 is 0. The minimum absolute atomic E-state index is 0. The average molecular weight is 525 g/mol. The molecule has 166 valence electrons. The van der Waals surface area contributed by atoms with Crippen molar-refractivity contribution in [3.8, 4) is 0 Å². The van der Waals surface area contributed by atoms with Crippen LogP contribution < -0.4 is 10.6 Å². The van der Waals surface area contributed by atoms with Gasteiger partial charge in [-0.1, -0.05) is 43.7 Å². The van der Waals surface area contributed by atoms with Crippen LogP contribution in [0, 0.1) is 6.92 Å². The summed E-state index contributed by atoms with van der Waals surface area (Å²) < 4.78 is 1.99. The highest BCUT2D eigenvalue weighted by Crippen LogP contribution is 2.20. The zero-order valence-corrected chi connectivity index (χ0v) is 21.0. The van der Waals surface area contributed by atoms with Gasteiger partial charge in [0.15, 0.2) is 11.8 Å². The van der Waals surface area contributed by atoms with Crippen molar-refractivity contribution in [2.24, 2.45) is 12.0 Å². The minimum atomic E-state index is 0. The first-order chi connectivity index (χ1) is 14.1. The van der Waals surface area contributed by atoms with Crippen LogP contribution in [0.1, 0.15) is 50.3 Å². The maximum atomic E-state index is 4.79. The molecule has 2 heterocycles. The number of guanidine groups is 1. The van der Waals surface area contributed by atoms with E-state index < -0.39 is 0 Å². The number of likely N-dealkylation sites (tertiary alicyclic amines) is 1. The normalized spacial score (nSPS) is 19.5. The van der Waals surface area contributed by atoms with Crippen LogP contribution in [-0.2, 0) is 20.1 Å². The van der Waals surface area contributed by atoms with Crippen LogP contribution in [0.2, 0.25) is 0 Å². The molecule has 8 heteroatoms. The van der Waals surface area contributed by atoms with E-state index in [0.717, 1.165) is 56.5 Å². The Morgan fingerprint density at radius 1 is 1.23 bits per heavy atom. The van der Waals surface area contributed by atoms with Crippen molar-refractivity contribution in [1.82, 2.24) is 30.3 Å². The summed E-state index contributed by atoms with van der Waals surface area (Å²) in [7, 11) is 1.98. The van der Waals surface area contributed by atoms with Crippen molar-refractivity contribution in [3.63, 3.8) is 0 Å². The molecule has 1 aromatic carbocycles. The van der Waals surface area contributed by atoms with Crippen molar-refractivity contribution < 1.29 is 0 Å². The Balaban J connectivity index is 0.00000320. The number of hydrogen-bond donors (Lipinski definition) is 2. The van der Waals surface area contributed by atoms with Crippen LogP contribution in [0.15, 0.2) is 35.3 Å². The Hall–Kier alpha value is -1.68. The molecule has 0 bridgehead atoms. The molecule has 7 nitrogen and oxygen atoms in total. The molecule has 3 rings (SSSR count). The van der Waals surface area contributed by atoms with Gasteiger partial charge in [-0.25, -0.2) is 4.99 Å². The monoisotopic (exact) mass is 525 g/mol. The number of unbranched alkanes of at least 4 members (excludes halogenated alkanes) is 1. The van der Waals surface area contributed by atoms with Crippen LogP contribution in [0.3, 0.4) is 0 Å². The maximum Gasteiger partial charge on any atom is 0.191 e. The molecule has 0 radical (unpaired) electrons. The van der Waals surface area contributed by atoms with Crippen LogP contribution in [0.4, 0.5) is 0 Å². The molecule has 0 aliphatic carbocycles. The smallest absolute Gasteiger partial charge is 0.191 e. The summed E-state index contributed by atoms with van der Waals surface area (Å²) in [6.45, 7) is 9.94. The number of aromatic nitrogens is 3. The van der Waals surface area contributed by atoms with E-state index in [1.807, 2.05) is 18.5 Å². The number of halogens is 1. The van der Waals surface area contributed by atoms with Crippen molar-refractivity contribution in [3.05, 3.63) is 47.5 Å². The summed E-state index contributed by atoms with van der Waals surface area (Å²) in [5.74, 6) is 2.66. The van der Waals surface area contributed by atoms with E-state index in [2.05, 4.69) is 69.9 Å². The van der Waals surface area contributed by atoms with Gasteiger partial charge in [0.1, 0.15) is 12.4 Å². The van der Waals surface area contributed by atoms with Crippen LogP contribution in [-0.4, -0.2) is 50.8 Å². The zero-order valence-electron chi connectivity index (χ0n) is 18.6. The van der Waals surface area contributed by atoms with Crippen LogP contribution in [0.5, 0.6) is 0 Å². The molecular weight excluding hydrogens is 489 g/mol. The molecule has 2 unspecified atom stereocenters. The number of nitrogens with one attached hydrogen (secondary N) is 2. The van der Waals surface area contributed by atoms with Crippen molar-refractivity contribution in [2.75, 3.05) is 13.1 Å². The van der Waals surface area contributed by atoms with Gasteiger partial charge < -0.3 is 15.2 Å². The number of aliphatic imine (C=N–C) groups is 1. The van der Waals surface area contributed by atoms with Gasteiger partial charge in [-0.15, -0.1) is 34.2 Å². The summed E-state index contributed by atoms with van der Waals surface area (Å²) in [6.07, 6.45) is 3.41. The quantitative estimate of drug-likeness (QED) is 0.240. The van der Waals surface area contributed by atoms with Gasteiger partial charge in [0, 0.05) is 38.8 Å². The van der Waals surface area contributed by atoms with Gasteiger partial charge >= 0.3 is 0 Å². The third-order valence-corrected chi connectivity index (χ3v) is 5.66. The first kappa shape index (κ1) is 24.6. The predicted octanol–water partition coefficient (Wildman–Crippen LogP) is 3.24. The number of rotatable bonds is 8. The molecule has 1 saturated heterocycles. The van der Waals surface area contributed by atoms with E-state index in [-0.39, 0.29) is 24.0 Å². The van der Waals surface area contributed by atoms with E-state index >= 15 is 0 Å². The second kappa shape index (κ2) is 12.2. The van der Waals surface area contributed by atoms with E-state index in [0.29, 0.717) is 18.6 Å². The number of nitrogens with zero attached hydrogens (tertiary/aromatic N) is 5. The van der Waals surface area contributed by atoms with Gasteiger partial charge in [-0.05, 0) is 32.3 Å². The Morgan fingerprint density at radius 2 is 2.00 bits per heavy atom. The largest absolute Gasteiger partial charge is 0.356 e. The van der Waals surface area contributed by atoms with Crippen molar-refractivity contribution in [1.29, 1.82) is 0 Å². The molecule has 0 saturated carbocycles. The molecule has 1 fully saturated rings. The molecule has 1 aromatic heterocycles. The van der Waals surface area contributed by atoms with E-state index in [4.69, 9.17) is 4.99 Å². The Kier molecular flexibility index (Phi) is 10.0. The highest BCUT2D eigenvalue weighted by molar-refractivity contribution is 14.0. The molecule has 2 atom stereocenters. The summed E-state index contributed by atoms with van der Waals surface area (Å²) in [5, 5.41) is 15.5. The second-order valence-electron chi connectivity index (χ2n) is 8.01. The summed E-state index contributed by atoms with van der Waals surface area (Å²) in [6, 6.07) is 11.6. The van der Waals surface area contributed by atoms with Gasteiger partial charge in [0.05, 0.1) is 0 Å². The van der Waals surface area contributed by atoms with Crippen LogP contribution in [0.25, 0.3) is 0 Å². The third-order valence-electron chi connectivity index (χ3n) is 5.66. The van der Waals surface area contributed by atoms with Crippen molar-refractivity contribution >= 4 is 29.9 Å². The highest BCUT2D eigenvalue weighted by atomic mass is 127. The minimum Gasteiger partial charge on any atom is -0.356 e. The van der Waals surface area contributed by atoms with Gasteiger partial charge in [-0.3, -0.25) is 4.90 Å². The molecule has 2 N–H and O–H groups in total.